The Morgan fingerprint density at radius 2 is 0.541 bits per heavy atom. The van der Waals surface area contributed by atoms with Crippen LogP contribution in [0.15, 0.2) is 164 Å². The molecule has 7 heterocycles. The molecule has 812 valence electrons. The molecular formula is C133H204ClF3N6O3. The van der Waals surface area contributed by atoms with Crippen LogP contribution in [-0.4, -0.2) is 164 Å². The van der Waals surface area contributed by atoms with E-state index in [0.717, 1.165) is 173 Å². The predicted molar refractivity (Wildman–Crippen MR) is 624 cm³/mol. The van der Waals surface area contributed by atoms with Crippen LogP contribution in [0.3, 0.4) is 0 Å². The lowest BCUT2D eigenvalue weighted by Crippen LogP contribution is -2.36. The van der Waals surface area contributed by atoms with Gasteiger partial charge in [0.05, 0.1) is 12.2 Å². The number of halogens is 4. The molecule has 1 saturated carbocycles. The van der Waals surface area contributed by atoms with Gasteiger partial charge in [0.1, 0.15) is 17.5 Å². The van der Waals surface area contributed by atoms with Crippen molar-refractivity contribution in [1.82, 2.24) is 19.6 Å². The molecule has 0 amide bonds. The second-order valence-electron chi connectivity index (χ2n) is 53.6. The second-order valence-corrected chi connectivity index (χ2v) is 54.0. The van der Waals surface area contributed by atoms with E-state index in [4.69, 9.17) is 21.1 Å². The molecule has 7 saturated heterocycles. The Morgan fingerprint density at radius 1 is 0.288 bits per heavy atom. The highest BCUT2D eigenvalue weighted by atomic mass is 35.5. The number of ether oxygens (including phenoxy) is 2. The van der Waals surface area contributed by atoms with Crippen LogP contribution in [0.4, 0.5) is 24.5 Å². The van der Waals surface area contributed by atoms with Crippen molar-refractivity contribution >= 4 is 23.0 Å². The van der Waals surface area contributed by atoms with Crippen molar-refractivity contribution in [2.75, 3.05) is 137 Å². The predicted octanol–water partition coefficient (Wildman–Crippen LogP) is 32.5. The number of hydrogen-bond acceptors (Lipinski definition) is 9. The summed E-state index contributed by atoms with van der Waals surface area (Å²) in [5.41, 5.74) is 22.6. The number of hydrogen-bond donors (Lipinski definition) is 1. The molecule has 0 unspecified atom stereocenters. The van der Waals surface area contributed by atoms with Crippen LogP contribution < -0.4 is 9.80 Å². The molecule has 8 aromatic carbocycles. The summed E-state index contributed by atoms with van der Waals surface area (Å²) in [7, 11) is 10.7. The zero-order valence-corrected chi connectivity index (χ0v) is 98.5. The van der Waals surface area contributed by atoms with E-state index in [0.29, 0.717) is 23.9 Å². The van der Waals surface area contributed by atoms with E-state index in [1.165, 1.54) is 191 Å². The monoisotopic (exact) mass is 2030 g/mol. The van der Waals surface area contributed by atoms with Crippen molar-refractivity contribution in [2.45, 2.75) is 389 Å². The van der Waals surface area contributed by atoms with Gasteiger partial charge in [-0.3, -0.25) is 0 Å². The van der Waals surface area contributed by atoms with Gasteiger partial charge in [-0.1, -0.05) is 325 Å². The molecule has 0 bridgehead atoms. The van der Waals surface area contributed by atoms with Gasteiger partial charge in [0.25, 0.3) is 0 Å². The smallest absolute Gasteiger partial charge is 0.126 e. The minimum absolute atomic E-state index is 0.00648. The van der Waals surface area contributed by atoms with Crippen molar-refractivity contribution in [2.24, 2.45) is 35.5 Å². The van der Waals surface area contributed by atoms with Crippen LogP contribution >= 0.6 is 11.6 Å². The summed E-state index contributed by atoms with van der Waals surface area (Å²) in [6.45, 7) is 70.8. The topological polar surface area (TPSA) is 58.1 Å². The van der Waals surface area contributed by atoms with Gasteiger partial charge in [-0.2, -0.15) is 0 Å². The average molecular weight is 2030 g/mol. The summed E-state index contributed by atoms with van der Waals surface area (Å²) in [5, 5.41) is 10.4. The molecule has 8 aliphatic rings. The fraction of sp³-hybridized carbons (Fsp3) is 0.639. The van der Waals surface area contributed by atoms with Gasteiger partial charge in [0.2, 0.25) is 0 Å². The van der Waals surface area contributed by atoms with Crippen LogP contribution in [0.2, 0.25) is 5.02 Å². The van der Waals surface area contributed by atoms with E-state index >= 15 is 0 Å². The van der Waals surface area contributed by atoms with E-state index in [-0.39, 0.29) is 66.9 Å². The molecule has 16 rings (SSSR count). The minimum atomic E-state index is -0.0971. The number of aliphatic hydroxyl groups excluding tert-OH is 1. The SMILES string of the molecule is CC(C)(C)c1ccc(CC2CCCCC2)c(F)c1.CC(C)(C)c1ccc(CC2CCOCC2)c(F)c1.CC(C)(C)c1ccc(N2CCC(O)CC2)cc1.CN1CCC(Cc2ccc(C(C)(C)C)cc2)CC1.CN1CCC(Cc2ccc(C(C)(C)C)cc2Cl)CC1.CN1CCC(Cc2ccc(C(C)(C)C)cc2F)CC1.COC1CCN(c2ccc(C(C)(C)C)cc2)CC1.Cc1cc(C(C)(C)C)ccc1CC1CCN(C)CC1. The summed E-state index contributed by atoms with van der Waals surface area (Å²) in [5.74, 6) is 4.42. The first-order valence-electron chi connectivity index (χ1n) is 57.0. The number of rotatable bonds is 15. The van der Waals surface area contributed by atoms with Gasteiger partial charge < -0.3 is 44.0 Å². The lowest BCUT2D eigenvalue weighted by molar-refractivity contribution is 0.0663. The molecule has 13 heteroatoms. The largest absolute Gasteiger partial charge is 0.393 e. The van der Waals surface area contributed by atoms with E-state index < -0.39 is 0 Å². The Balaban J connectivity index is 0.000000186. The number of nitrogens with zero attached hydrogens (tertiary/aromatic N) is 6. The van der Waals surface area contributed by atoms with Crippen LogP contribution in [0.5, 0.6) is 0 Å². The van der Waals surface area contributed by atoms with Crippen molar-refractivity contribution in [3.05, 3.63) is 270 Å². The Morgan fingerprint density at radius 3 is 0.842 bits per heavy atom. The summed E-state index contributed by atoms with van der Waals surface area (Å²) in [4.78, 5) is 14.5. The molecule has 0 radical (unpaired) electrons. The number of likely N-dealkylation sites (tertiary alicyclic amines) is 4. The summed E-state index contributed by atoms with van der Waals surface area (Å²) >= 11 is 6.47. The van der Waals surface area contributed by atoms with Gasteiger partial charge in [-0.05, 0) is 427 Å². The fourth-order valence-corrected chi connectivity index (χ4v) is 21.6. The first kappa shape index (κ1) is 123. The number of methoxy groups -OCH3 is 1. The summed E-state index contributed by atoms with van der Waals surface area (Å²) < 4.78 is 53.2. The van der Waals surface area contributed by atoms with E-state index in [1.807, 2.05) is 25.3 Å². The summed E-state index contributed by atoms with van der Waals surface area (Å²) in [6, 6.07) is 58.3. The maximum atomic E-state index is 14.2. The van der Waals surface area contributed by atoms with E-state index in [9.17, 15) is 18.3 Å². The highest BCUT2D eigenvalue weighted by Gasteiger charge is 2.30. The Bertz CT molecular complexity index is 4810. The quantitative estimate of drug-likeness (QED) is 0.108. The van der Waals surface area contributed by atoms with Gasteiger partial charge >= 0.3 is 0 Å². The van der Waals surface area contributed by atoms with Gasteiger partial charge in [-0.15, -0.1) is 0 Å². The average Bonchev–Trinajstić information content (AvgIpc) is 0.839. The maximum Gasteiger partial charge on any atom is 0.126 e. The lowest BCUT2D eigenvalue weighted by Gasteiger charge is -2.33. The fourth-order valence-electron chi connectivity index (χ4n) is 21.4. The molecule has 7 aliphatic heterocycles. The van der Waals surface area contributed by atoms with Crippen LogP contribution in [0.25, 0.3) is 0 Å². The Kier molecular flexibility index (Phi) is 47.6. The van der Waals surface area contributed by atoms with Crippen molar-refractivity contribution in [1.29, 1.82) is 0 Å². The number of benzene rings is 8. The molecule has 0 atom stereocenters. The third kappa shape index (κ3) is 42.0. The van der Waals surface area contributed by atoms with E-state index in [1.54, 1.807) is 23.8 Å². The van der Waals surface area contributed by atoms with Crippen molar-refractivity contribution < 1.29 is 27.8 Å². The molecule has 1 N–H and O–H groups in total. The molecule has 146 heavy (non-hydrogen) atoms. The summed E-state index contributed by atoms with van der Waals surface area (Å²) in [6.07, 6.45) is 29.8. The third-order valence-electron chi connectivity index (χ3n) is 32.6. The number of piperidine rings is 6. The van der Waals surface area contributed by atoms with Crippen LogP contribution in [0.1, 0.15) is 372 Å². The highest BCUT2D eigenvalue weighted by Crippen LogP contribution is 2.39. The van der Waals surface area contributed by atoms with E-state index in [2.05, 4.69) is 358 Å². The Hall–Kier alpha value is -6.84. The lowest BCUT2D eigenvalue weighted by atomic mass is 9.83. The molecule has 8 aromatic rings. The van der Waals surface area contributed by atoms with Gasteiger partial charge in [-0.25, -0.2) is 13.2 Å². The van der Waals surface area contributed by atoms with Crippen LogP contribution in [-0.2, 0) is 91.3 Å². The first-order chi connectivity index (χ1) is 68.4. The molecule has 0 spiro atoms. The molecule has 0 aromatic heterocycles. The maximum absolute atomic E-state index is 14.2. The standard InChI is InChI=1S/C18H29N.C17H26ClN.C17H26FN.C17H25F.C17H27N.C16H23FO.C16H25NO.C15H23NO/c1-14-12-17(18(2,3)4)7-6-16(14)13-15-8-10-19(5)11-9-15;2*1-17(2,3)15-6-5-14(16(18)12-15)11-13-7-9-19(4)10-8-13;1-17(2,3)15-10-9-14(16(18)12-15)11-13-7-5-4-6-8-13;1-17(2,3)16-7-5-14(6-8-16)13-15-9-11-18(4)12-10-15;1-16(2,3)14-5-4-13(15(17)11-14)10-12-6-8-18-9-7-12;1-16(2,3)13-5-7-14(8-6-13)17-11-9-15(18-4)10-12-17;1-15(2,3)12-4-6-13(7-5-12)16-10-8-14(17)9-11-16/h6-7,12,15H,8-11,13H2,1-5H3;2*5-6,12-13H,7-11H2,1-4H3;9-10,12-13H,4-8,11H2,1-3H3;5-8,15H,9-13H2,1-4H3;4-5,11-12H,6-10H2,1-3H3;5-8,15H,9-12H2,1-4H3;4-7,14,17H,8-11H2,1-3H3. The van der Waals surface area contributed by atoms with Gasteiger partial charge in [0, 0.05) is 62.9 Å². The molecule has 9 nitrogen and oxygen atoms in total. The zero-order valence-electron chi connectivity index (χ0n) is 97.7. The third-order valence-corrected chi connectivity index (χ3v) is 33.0. The number of anilines is 2. The molecule has 1 aliphatic carbocycles. The first-order valence-corrected chi connectivity index (χ1v) is 57.4. The Labute approximate surface area is 895 Å². The minimum Gasteiger partial charge on any atom is -0.393 e. The number of aliphatic hydroxyl groups is 1. The zero-order chi connectivity index (χ0) is 107. The van der Waals surface area contributed by atoms with Crippen LogP contribution in [0, 0.1) is 59.9 Å². The normalized spacial score (nSPS) is 18.5. The second kappa shape index (κ2) is 56.7. The van der Waals surface area contributed by atoms with Crippen molar-refractivity contribution in [3.8, 4) is 0 Å². The number of aryl methyl sites for hydroxylation is 1. The molecule has 8 fully saturated rings. The highest BCUT2D eigenvalue weighted by molar-refractivity contribution is 6.31. The molecular weight excluding hydrogens is 1820 g/mol. The van der Waals surface area contributed by atoms with Gasteiger partial charge in [0.15, 0.2) is 0 Å². The van der Waals surface area contributed by atoms with Crippen molar-refractivity contribution in [3.63, 3.8) is 0 Å².